The van der Waals surface area contributed by atoms with Gasteiger partial charge in [-0.2, -0.15) is 0 Å². The predicted octanol–water partition coefficient (Wildman–Crippen LogP) is 3.39. The van der Waals surface area contributed by atoms with E-state index >= 15 is 0 Å². The molecule has 2 fully saturated rings. The molecule has 116 valence electrons. The number of carbonyl (C=O) groups is 1. The summed E-state index contributed by atoms with van der Waals surface area (Å²) < 4.78 is 0. The zero-order valence-electron chi connectivity index (χ0n) is 14.3. The third-order valence-corrected chi connectivity index (χ3v) is 4.95. The Kier molecular flexibility index (Phi) is 3.96. The van der Waals surface area contributed by atoms with Crippen LogP contribution in [0.1, 0.15) is 67.7 Å². The van der Waals surface area contributed by atoms with E-state index in [1.807, 2.05) is 0 Å². The number of hydrogen-bond acceptors (Lipinski definition) is 2. The first kappa shape index (κ1) is 15.8. The maximum absolute atomic E-state index is 12.7. The first-order valence-corrected chi connectivity index (χ1v) is 8.11. The molecule has 1 amide bonds. The van der Waals surface area contributed by atoms with Crippen LogP contribution in [0.2, 0.25) is 0 Å². The molecule has 3 heteroatoms. The van der Waals surface area contributed by atoms with E-state index in [0.29, 0.717) is 28.7 Å². The molecule has 0 spiro atoms. The molecule has 3 nitrogen and oxygen atoms in total. The van der Waals surface area contributed by atoms with Crippen molar-refractivity contribution < 1.29 is 4.79 Å². The minimum Gasteiger partial charge on any atom is -0.323 e. The lowest BCUT2D eigenvalue weighted by molar-refractivity contribution is -0.135. The minimum absolute atomic E-state index is 0.00171. The maximum Gasteiger partial charge on any atom is 0.241 e. The molecule has 0 bridgehead atoms. The highest BCUT2D eigenvalue weighted by molar-refractivity contribution is 5.84. The van der Waals surface area contributed by atoms with E-state index in [2.05, 4.69) is 58.7 Å². The molecule has 0 aromatic heterocycles. The van der Waals surface area contributed by atoms with Gasteiger partial charge in [0.15, 0.2) is 0 Å². The van der Waals surface area contributed by atoms with Crippen LogP contribution in [0.5, 0.6) is 0 Å². The van der Waals surface area contributed by atoms with E-state index in [0.717, 1.165) is 12.8 Å². The molecule has 0 aromatic rings. The van der Waals surface area contributed by atoms with Crippen LogP contribution in [0.4, 0.5) is 0 Å². The van der Waals surface area contributed by atoms with Crippen LogP contribution in [-0.4, -0.2) is 29.1 Å². The Labute approximate surface area is 124 Å². The lowest BCUT2D eigenvalue weighted by atomic mass is 9.63. The first-order chi connectivity index (χ1) is 9.02. The average molecular weight is 280 g/mol. The number of hydrogen-bond donors (Lipinski definition) is 1. The summed E-state index contributed by atoms with van der Waals surface area (Å²) in [7, 11) is 0. The molecule has 1 N–H and O–H groups in total. The molecule has 2 aliphatic rings. The average Bonchev–Trinajstić information content (AvgIpc) is 2.49. The Bertz CT molecular complexity index is 370. The fourth-order valence-corrected chi connectivity index (χ4v) is 4.72. The van der Waals surface area contributed by atoms with Gasteiger partial charge in [0.2, 0.25) is 5.91 Å². The number of rotatable bonds is 2. The summed E-state index contributed by atoms with van der Waals surface area (Å²) >= 11 is 0. The van der Waals surface area contributed by atoms with Crippen LogP contribution in [0.3, 0.4) is 0 Å². The highest BCUT2D eigenvalue weighted by Gasteiger charge is 2.47. The van der Waals surface area contributed by atoms with Gasteiger partial charge in [-0.05, 0) is 42.9 Å². The molecule has 2 unspecified atom stereocenters. The van der Waals surface area contributed by atoms with Crippen molar-refractivity contribution in [2.75, 3.05) is 0 Å². The number of carbonyl (C=O) groups excluding carboxylic acids is 1. The molecule has 1 saturated carbocycles. The van der Waals surface area contributed by atoms with Gasteiger partial charge < -0.3 is 4.90 Å². The lowest BCUT2D eigenvalue weighted by Crippen LogP contribution is -2.50. The van der Waals surface area contributed by atoms with Crippen LogP contribution in [0.25, 0.3) is 0 Å². The normalized spacial score (nSPS) is 34.0. The molecule has 0 radical (unpaired) electrons. The minimum atomic E-state index is -0.00171. The van der Waals surface area contributed by atoms with Crippen molar-refractivity contribution in [3.63, 3.8) is 0 Å². The summed E-state index contributed by atoms with van der Waals surface area (Å²) in [6, 6.07) is 0.380. The topological polar surface area (TPSA) is 32.3 Å². The fourth-order valence-electron chi connectivity index (χ4n) is 4.72. The molecule has 1 saturated heterocycles. The van der Waals surface area contributed by atoms with Crippen LogP contribution in [0.15, 0.2) is 0 Å². The SMILES string of the molecule is CC(C)C1NC(C)N(C2CC(C)(C)CC(C)(C)C2)C1=O. The highest BCUT2D eigenvalue weighted by Crippen LogP contribution is 2.47. The van der Waals surface area contributed by atoms with Crippen molar-refractivity contribution >= 4 is 5.91 Å². The molecule has 1 heterocycles. The summed E-state index contributed by atoms with van der Waals surface area (Å²) in [4.78, 5) is 14.9. The van der Waals surface area contributed by atoms with Crippen molar-refractivity contribution in [1.29, 1.82) is 0 Å². The molecule has 0 aromatic carbocycles. The molecular weight excluding hydrogens is 248 g/mol. The number of nitrogens with one attached hydrogen (secondary N) is 1. The van der Waals surface area contributed by atoms with E-state index in [9.17, 15) is 4.79 Å². The lowest BCUT2D eigenvalue weighted by Gasteiger charge is -2.48. The van der Waals surface area contributed by atoms with Gasteiger partial charge in [0, 0.05) is 6.04 Å². The second-order valence-electron chi connectivity index (χ2n) is 8.88. The van der Waals surface area contributed by atoms with E-state index in [4.69, 9.17) is 0 Å². The summed E-state index contributed by atoms with van der Waals surface area (Å²) in [5, 5.41) is 3.48. The summed E-state index contributed by atoms with van der Waals surface area (Å²) in [6.07, 6.45) is 3.66. The Morgan fingerprint density at radius 2 is 1.65 bits per heavy atom. The van der Waals surface area contributed by atoms with Crippen LogP contribution in [-0.2, 0) is 4.79 Å². The van der Waals surface area contributed by atoms with Gasteiger partial charge in [-0.15, -0.1) is 0 Å². The summed E-state index contributed by atoms with van der Waals surface area (Å²) in [5.74, 6) is 0.672. The summed E-state index contributed by atoms with van der Waals surface area (Å²) in [6.45, 7) is 15.8. The van der Waals surface area contributed by atoms with Gasteiger partial charge in [-0.3, -0.25) is 10.1 Å². The first-order valence-electron chi connectivity index (χ1n) is 8.11. The Morgan fingerprint density at radius 3 is 2.05 bits per heavy atom. The van der Waals surface area contributed by atoms with Crippen molar-refractivity contribution in [3.05, 3.63) is 0 Å². The van der Waals surface area contributed by atoms with Gasteiger partial charge in [0.1, 0.15) is 0 Å². The third-order valence-electron chi connectivity index (χ3n) is 4.95. The van der Waals surface area contributed by atoms with E-state index in [1.54, 1.807) is 0 Å². The monoisotopic (exact) mass is 280 g/mol. The third kappa shape index (κ3) is 3.03. The Hall–Kier alpha value is -0.570. The van der Waals surface area contributed by atoms with E-state index in [1.165, 1.54) is 6.42 Å². The zero-order valence-corrected chi connectivity index (χ0v) is 14.3. The fraction of sp³-hybridized carbons (Fsp3) is 0.941. The predicted molar refractivity (Wildman–Crippen MR) is 83.3 cm³/mol. The smallest absolute Gasteiger partial charge is 0.241 e. The van der Waals surface area contributed by atoms with Gasteiger partial charge >= 0.3 is 0 Å². The number of amides is 1. The Balaban J connectivity index is 2.20. The highest BCUT2D eigenvalue weighted by atomic mass is 16.2. The van der Waals surface area contributed by atoms with E-state index < -0.39 is 0 Å². The van der Waals surface area contributed by atoms with Crippen LogP contribution in [0, 0.1) is 16.7 Å². The zero-order chi connectivity index (χ0) is 15.3. The number of nitrogens with zero attached hydrogens (tertiary/aromatic N) is 1. The maximum atomic E-state index is 12.7. The molecule has 2 atom stereocenters. The largest absolute Gasteiger partial charge is 0.323 e. The molecule has 1 aliphatic heterocycles. The quantitative estimate of drug-likeness (QED) is 0.841. The van der Waals surface area contributed by atoms with Crippen LogP contribution >= 0.6 is 0 Å². The Morgan fingerprint density at radius 1 is 1.15 bits per heavy atom. The van der Waals surface area contributed by atoms with Crippen molar-refractivity contribution in [2.45, 2.75) is 86.0 Å². The molecule has 20 heavy (non-hydrogen) atoms. The van der Waals surface area contributed by atoms with Gasteiger partial charge in [0.25, 0.3) is 0 Å². The second-order valence-corrected chi connectivity index (χ2v) is 8.88. The molecular formula is C17H32N2O. The van der Waals surface area contributed by atoms with Crippen LogP contribution < -0.4 is 5.32 Å². The standard InChI is InChI=1S/C17H32N2O/c1-11(2)14-15(20)19(12(3)18-14)13-8-16(4,5)10-17(6,7)9-13/h11-14,18H,8-10H2,1-7H3. The summed E-state index contributed by atoms with van der Waals surface area (Å²) in [5.41, 5.74) is 0.644. The van der Waals surface area contributed by atoms with Crippen molar-refractivity contribution in [3.8, 4) is 0 Å². The second kappa shape index (κ2) is 5.01. The molecule has 1 aliphatic carbocycles. The van der Waals surface area contributed by atoms with E-state index in [-0.39, 0.29) is 12.2 Å². The van der Waals surface area contributed by atoms with Gasteiger partial charge in [-0.1, -0.05) is 41.5 Å². The van der Waals surface area contributed by atoms with Crippen molar-refractivity contribution in [1.82, 2.24) is 10.2 Å². The van der Waals surface area contributed by atoms with Gasteiger partial charge in [0.05, 0.1) is 12.2 Å². The molecule has 2 rings (SSSR count). The van der Waals surface area contributed by atoms with Crippen molar-refractivity contribution in [2.24, 2.45) is 16.7 Å². The van der Waals surface area contributed by atoms with Gasteiger partial charge in [-0.25, -0.2) is 0 Å².